The molecule has 0 spiro atoms. The molecule has 0 aromatic carbocycles. The van der Waals surface area contributed by atoms with Gasteiger partial charge in [-0.2, -0.15) is 0 Å². The molecule has 0 heterocycles. The van der Waals surface area contributed by atoms with Gasteiger partial charge in [0.2, 0.25) is 0 Å². The molecule has 0 radical (unpaired) electrons. The van der Waals surface area contributed by atoms with Crippen LogP contribution in [-0.2, 0) is 51.7 Å². The third-order valence-electron chi connectivity index (χ3n) is 5.23. The van der Waals surface area contributed by atoms with Crippen molar-refractivity contribution in [1.29, 1.82) is 0 Å². The van der Waals surface area contributed by atoms with Crippen molar-refractivity contribution in [3.63, 3.8) is 0 Å². The number of carbonyl (C=O) groups is 4. The predicted octanol–water partition coefficient (Wildman–Crippen LogP) is 4.36. The van der Waals surface area contributed by atoms with Gasteiger partial charge in [0.15, 0.2) is 6.10 Å². The van der Waals surface area contributed by atoms with Gasteiger partial charge >= 0.3 is 31.7 Å². The summed E-state index contributed by atoms with van der Waals surface area (Å²) in [6, 6.07) is 0. The van der Waals surface area contributed by atoms with Gasteiger partial charge in [0.25, 0.3) is 0 Å². The second kappa shape index (κ2) is 20.0. The van der Waals surface area contributed by atoms with E-state index in [2.05, 4.69) is 0 Å². The Morgan fingerprint density at radius 1 is 0.762 bits per heavy atom. The first kappa shape index (κ1) is 40.0. The van der Waals surface area contributed by atoms with Gasteiger partial charge in [-0.3, -0.25) is 28.2 Å². The van der Waals surface area contributed by atoms with Crippen molar-refractivity contribution in [2.24, 2.45) is 11.7 Å². The average molecular weight is 626 g/mol. The number of esters is 4. The van der Waals surface area contributed by atoms with Gasteiger partial charge in [-0.1, -0.05) is 26.2 Å². The smallest absolute Gasteiger partial charge is 0.462 e. The molecular formula is C28H52NO12P. The molecule has 0 fully saturated rings. The van der Waals surface area contributed by atoms with Crippen LogP contribution >= 0.6 is 7.82 Å². The number of nitrogens with two attached hydrogens (primary N) is 1. The highest BCUT2D eigenvalue weighted by Gasteiger charge is 2.34. The van der Waals surface area contributed by atoms with Crippen LogP contribution in [0.4, 0.5) is 0 Å². The molecule has 246 valence electrons. The molecule has 3 N–H and O–H groups in total. The van der Waals surface area contributed by atoms with Crippen LogP contribution in [0.25, 0.3) is 0 Å². The van der Waals surface area contributed by atoms with Gasteiger partial charge in [0.1, 0.15) is 17.8 Å². The fourth-order valence-electron chi connectivity index (χ4n) is 3.31. The Morgan fingerprint density at radius 3 is 1.90 bits per heavy atom. The third kappa shape index (κ3) is 22.5. The van der Waals surface area contributed by atoms with Gasteiger partial charge in [-0.05, 0) is 67.3 Å². The second-order valence-electron chi connectivity index (χ2n) is 11.9. The van der Waals surface area contributed by atoms with Crippen LogP contribution in [0.15, 0.2) is 0 Å². The van der Waals surface area contributed by atoms with E-state index in [-0.39, 0.29) is 12.8 Å². The monoisotopic (exact) mass is 625 g/mol. The molecule has 42 heavy (non-hydrogen) atoms. The van der Waals surface area contributed by atoms with Gasteiger partial charge in [0.05, 0.1) is 25.6 Å². The number of unbranched alkanes of at least 4 members (excludes halogenated alkanes) is 4. The van der Waals surface area contributed by atoms with Crippen molar-refractivity contribution in [2.75, 3.05) is 26.4 Å². The van der Waals surface area contributed by atoms with Crippen molar-refractivity contribution in [3.8, 4) is 0 Å². The molecule has 0 aromatic rings. The first-order valence-electron chi connectivity index (χ1n) is 14.5. The minimum absolute atomic E-state index is 0.118. The Bertz CT molecular complexity index is 881. The minimum atomic E-state index is -4.82. The molecule has 13 nitrogen and oxygen atoms in total. The number of hydrogen-bond donors (Lipinski definition) is 2. The maximum absolute atomic E-state index is 12.7. The Morgan fingerprint density at radius 2 is 1.33 bits per heavy atom. The molecule has 3 atom stereocenters. The van der Waals surface area contributed by atoms with E-state index in [1.807, 2.05) is 6.92 Å². The molecule has 0 rings (SSSR count). The lowest BCUT2D eigenvalue weighted by atomic mass is 10.1. The third-order valence-corrected chi connectivity index (χ3v) is 6.18. The van der Waals surface area contributed by atoms with E-state index in [1.54, 1.807) is 41.5 Å². The highest BCUT2D eigenvalue weighted by Crippen LogP contribution is 2.44. The fraction of sp³-hybridized carbons (Fsp3) is 0.857. The first-order valence-corrected chi connectivity index (χ1v) is 16.0. The van der Waals surface area contributed by atoms with E-state index in [4.69, 9.17) is 33.7 Å². The summed E-state index contributed by atoms with van der Waals surface area (Å²) in [5.41, 5.74) is 3.74. The Hall–Kier alpha value is -2.05. The zero-order valence-electron chi connectivity index (χ0n) is 26.3. The molecule has 0 saturated carbocycles. The van der Waals surface area contributed by atoms with E-state index in [9.17, 15) is 28.6 Å². The molecule has 2 unspecified atom stereocenters. The fourth-order valence-corrected chi connectivity index (χ4v) is 4.10. The molecule has 0 aliphatic heterocycles. The molecule has 0 aromatic heterocycles. The number of phosphoric ester groups is 1. The van der Waals surface area contributed by atoms with E-state index >= 15 is 0 Å². The van der Waals surface area contributed by atoms with E-state index in [0.717, 1.165) is 25.7 Å². The van der Waals surface area contributed by atoms with Gasteiger partial charge in [0, 0.05) is 12.8 Å². The summed E-state index contributed by atoms with van der Waals surface area (Å²) < 4.78 is 43.8. The number of phosphoric acid groups is 1. The standard InChI is InChI=1S/C28H52NO12P/c1-8-9-11-15-24(31)39-22(19-36-23(30)14-12-10-13-16-29)20-38-42(34,35)37-18-21(26(33)41-28(5,6)7)17-25(32)40-27(2,3)4/h21-22H,8-20,29H2,1-7H3,(H,34,35)/t21?,22-/m1/s1. The lowest BCUT2D eigenvalue weighted by Crippen LogP contribution is -2.34. The highest BCUT2D eigenvalue weighted by molar-refractivity contribution is 7.47. The van der Waals surface area contributed by atoms with Crippen LogP contribution < -0.4 is 5.73 Å². The van der Waals surface area contributed by atoms with Gasteiger partial charge < -0.3 is 29.6 Å². The number of ether oxygens (including phenoxy) is 4. The first-order chi connectivity index (χ1) is 19.4. The van der Waals surface area contributed by atoms with Crippen LogP contribution in [0, 0.1) is 5.92 Å². The van der Waals surface area contributed by atoms with Crippen molar-refractivity contribution >= 4 is 31.7 Å². The van der Waals surface area contributed by atoms with Crippen molar-refractivity contribution in [1.82, 2.24) is 0 Å². The summed E-state index contributed by atoms with van der Waals surface area (Å²) in [6.45, 7) is 10.7. The SMILES string of the molecule is CCCCCC(=O)O[C@H](COC(=O)CCCCCN)COP(=O)(O)OCC(CC(=O)OC(C)(C)C)C(=O)OC(C)(C)C. The minimum Gasteiger partial charge on any atom is -0.462 e. The van der Waals surface area contributed by atoms with E-state index in [0.29, 0.717) is 19.4 Å². The summed E-state index contributed by atoms with van der Waals surface area (Å²) >= 11 is 0. The van der Waals surface area contributed by atoms with Crippen molar-refractivity contribution < 1.29 is 56.6 Å². The van der Waals surface area contributed by atoms with Crippen LogP contribution in [0.3, 0.4) is 0 Å². The van der Waals surface area contributed by atoms with Crippen molar-refractivity contribution in [2.45, 2.75) is 124 Å². The molecule has 0 aliphatic rings. The largest absolute Gasteiger partial charge is 0.472 e. The lowest BCUT2D eigenvalue weighted by molar-refractivity contribution is -0.168. The molecule has 0 saturated heterocycles. The summed E-state index contributed by atoms with van der Waals surface area (Å²) in [6.07, 6.45) is 3.03. The summed E-state index contributed by atoms with van der Waals surface area (Å²) in [5, 5.41) is 0. The van der Waals surface area contributed by atoms with Crippen LogP contribution in [-0.4, -0.2) is 72.4 Å². The Kier molecular flexibility index (Phi) is 19.0. The normalized spacial score (nSPS) is 14.8. The topological polar surface area (TPSA) is 187 Å². The maximum Gasteiger partial charge on any atom is 0.472 e. The zero-order valence-corrected chi connectivity index (χ0v) is 27.2. The zero-order chi connectivity index (χ0) is 32.4. The molecule has 0 aliphatic carbocycles. The Balaban J connectivity index is 5.30. The van der Waals surface area contributed by atoms with Crippen LogP contribution in [0.1, 0.15) is 106 Å². The van der Waals surface area contributed by atoms with Crippen LogP contribution in [0.2, 0.25) is 0 Å². The van der Waals surface area contributed by atoms with Crippen LogP contribution in [0.5, 0.6) is 0 Å². The van der Waals surface area contributed by atoms with E-state index in [1.165, 1.54) is 0 Å². The quantitative estimate of drug-likeness (QED) is 0.0793. The summed E-state index contributed by atoms with van der Waals surface area (Å²) in [4.78, 5) is 59.7. The van der Waals surface area contributed by atoms with Crippen molar-refractivity contribution in [3.05, 3.63) is 0 Å². The predicted molar refractivity (Wildman–Crippen MR) is 154 cm³/mol. The number of hydrogen-bond acceptors (Lipinski definition) is 12. The molecular weight excluding hydrogens is 573 g/mol. The molecule has 0 amide bonds. The lowest BCUT2D eigenvalue weighted by Gasteiger charge is -2.25. The maximum atomic E-state index is 12.7. The average Bonchev–Trinajstić information content (AvgIpc) is 2.84. The summed E-state index contributed by atoms with van der Waals surface area (Å²) in [5.74, 6) is -3.92. The summed E-state index contributed by atoms with van der Waals surface area (Å²) in [7, 11) is -4.82. The molecule has 0 bridgehead atoms. The van der Waals surface area contributed by atoms with Gasteiger partial charge in [-0.25, -0.2) is 4.57 Å². The van der Waals surface area contributed by atoms with E-state index < -0.39 is 81.2 Å². The highest BCUT2D eigenvalue weighted by atomic mass is 31.2. The number of rotatable bonds is 21. The second-order valence-corrected chi connectivity index (χ2v) is 13.4. The number of carbonyl (C=O) groups excluding carboxylic acids is 4. The Labute approximate surface area is 250 Å². The van der Waals surface area contributed by atoms with Gasteiger partial charge in [-0.15, -0.1) is 0 Å². The molecule has 14 heteroatoms.